The lowest BCUT2D eigenvalue weighted by Crippen LogP contribution is -2.11. The molecule has 12 aromatic rings. The van der Waals surface area contributed by atoms with Gasteiger partial charge in [0.15, 0.2) is 11.2 Å². The van der Waals surface area contributed by atoms with Crippen LogP contribution < -0.4 is 19.3 Å². The zero-order valence-electron chi connectivity index (χ0n) is 34.2. The third kappa shape index (κ3) is 5.08. The smallest absolute Gasteiger partial charge is 0.159 e. The van der Waals surface area contributed by atoms with Crippen LogP contribution in [0.4, 0.5) is 34.1 Å². The molecular formula is C58H34N2O4. The normalized spacial score (nSPS) is 12.3. The fraction of sp³-hybridized carbons (Fsp3) is 0. The fourth-order valence-electron chi connectivity index (χ4n) is 10.0. The molecule has 0 unspecified atom stereocenters. The number of para-hydroxylation sites is 6. The standard InChI is InChI=1S/C58H34N2O4/c1-3-13-35(14-4-1)59(47-21-11-19-45-39-17-7-9-23-49(39)63-57(45)47)37-25-27-41-43-29-32-52-56-44(30-31-51(55(43)56)61-53(41)33-37)42-28-26-38(34-54(42)62-52)60(36-15-5-2-6-16-36)48-22-12-20-46-40-18-8-10-24-50(40)64-58(46)48/h1-34H. The van der Waals surface area contributed by atoms with Crippen LogP contribution in [0.15, 0.2) is 215 Å². The maximum atomic E-state index is 6.90. The summed E-state index contributed by atoms with van der Waals surface area (Å²) in [5.74, 6) is 3.16. The lowest BCUT2D eigenvalue weighted by Gasteiger charge is -2.30. The van der Waals surface area contributed by atoms with Crippen molar-refractivity contribution in [3.8, 4) is 45.3 Å². The maximum absolute atomic E-state index is 6.90. The monoisotopic (exact) mass is 822 g/mol. The van der Waals surface area contributed by atoms with Crippen molar-refractivity contribution in [2.75, 3.05) is 9.80 Å². The zero-order valence-corrected chi connectivity index (χ0v) is 34.2. The van der Waals surface area contributed by atoms with Crippen LogP contribution in [0.2, 0.25) is 0 Å². The van der Waals surface area contributed by atoms with Crippen molar-refractivity contribution in [2.24, 2.45) is 0 Å². The van der Waals surface area contributed by atoms with Gasteiger partial charge in [-0.05, 0) is 108 Å². The molecule has 6 nitrogen and oxygen atoms in total. The number of fused-ring (bicyclic) bond motifs is 10. The highest BCUT2D eigenvalue weighted by Gasteiger charge is 2.30. The highest BCUT2D eigenvalue weighted by atomic mass is 16.5. The highest BCUT2D eigenvalue weighted by molar-refractivity contribution is 6.15. The van der Waals surface area contributed by atoms with Gasteiger partial charge in [0.1, 0.15) is 34.2 Å². The minimum atomic E-state index is 0.785. The predicted octanol–water partition coefficient (Wildman–Crippen LogP) is 17.1. The molecular weight excluding hydrogens is 789 g/mol. The number of benzene rings is 10. The Hall–Kier alpha value is -8.74. The van der Waals surface area contributed by atoms with Crippen LogP contribution in [0.25, 0.3) is 76.9 Å². The maximum Gasteiger partial charge on any atom is 0.159 e. The lowest BCUT2D eigenvalue weighted by molar-refractivity contribution is 0.480. The molecule has 0 spiro atoms. The lowest BCUT2D eigenvalue weighted by atomic mass is 9.88. The number of ether oxygens (including phenoxy) is 2. The van der Waals surface area contributed by atoms with Crippen LogP contribution in [0.3, 0.4) is 0 Å². The molecule has 0 saturated carbocycles. The van der Waals surface area contributed by atoms with E-state index in [9.17, 15) is 0 Å². The topological polar surface area (TPSA) is 51.2 Å². The molecule has 2 aromatic heterocycles. The van der Waals surface area contributed by atoms with E-state index in [1.54, 1.807) is 0 Å². The van der Waals surface area contributed by atoms with E-state index < -0.39 is 0 Å². The summed E-state index contributed by atoms with van der Waals surface area (Å²) < 4.78 is 26.9. The molecule has 64 heavy (non-hydrogen) atoms. The van der Waals surface area contributed by atoms with E-state index in [2.05, 4.69) is 180 Å². The molecule has 0 atom stereocenters. The summed E-state index contributed by atoms with van der Waals surface area (Å²) in [7, 11) is 0. The predicted molar refractivity (Wildman–Crippen MR) is 259 cm³/mol. The number of hydrogen-bond donors (Lipinski definition) is 0. The number of hydrogen-bond acceptors (Lipinski definition) is 6. The van der Waals surface area contributed by atoms with Gasteiger partial charge in [-0.1, -0.05) is 97.1 Å². The van der Waals surface area contributed by atoms with Crippen molar-refractivity contribution in [1.82, 2.24) is 0 Å². The van der Waals surface area contributed by atoms with Crippen LogP contribution in [0, 0.1) is 0 Å². The number of anilines is 6. The Kier molecular flexibility index (Phi) is 7.30. The summed E-state index contributed by atoms with van der Waals surface area (Å²) >= 11 is 0. The minimum absolute atomic E-state index is 0.785. The molecule has 0 saturated heterocycles. The van der Waals surface area contributed by atoms with E-state index in [0.717, 1.165) is 134 Å². The van der Waals surface area contributed by atoms with Crippen molar-refractivity contribution < 1.29 is 18.3 Å². The molecule has 0 aliphatic carbocycles. The van der Waals surface area contributed by atoms with E-state index in [4.69, 9.17) is 18.3 Å². The van der Waals surface area contributed by atoms with Gasteiger partial charge in [-0.15, -0.1) is 0 Å². The van der Waals surface area contributed by atoms with E-state index in [0.29, 0.717) is 0 Å². The highest BCUT2D eigenvalue weighted by Crippen LogP contribution is 2.57. The van der Waals surface area contributed by atoms with Crippen LogP contribution >= 0.6 is 0 Å². The molecule has 14 rings (SSSR count). The van der Waals surface area contributed by atoms with E-state index in [1.165, 1.54) is 0 Å². The molecule has 0 fully saturated rings. The van der Waals surface area contributed by atoms with E-state index in [-0.39, 0.29) is 0 Å². The molecule has 0 N–H and O–H groups in total. The largest absolute Gasteiger partial charge is 0.456 e. The Morgan fingerprint density at radius 1 is 0.281 bits per heavy atom. The third-order valence-corrected chi connectivity index (χ3v) is 12.8. The van der Waals surface area contributed by atoms with Crippen molar-refractivity contribution in [2.45, 2.75) is 0 Å². The summed E-state index contributed by atoms with van der Waals surface area (Å²) in [6, 6.07) is 71.5. The average molecular weight is 823 g/mol. The average Bonchev–Trinajstić information content (AvgIpc) is 3.93. The number of furan rings is 2. The van der Waals surface area contributed by atoms with Gasteiger partial charge in [0.25, 0.3) is 0 Å². The van der Waals surface area contributed by atoms with Gasteiger partial charge in [0.2, 0.25) is 0 Å². The molecule has 2 aliphatic heterocycles. The summed E-state index contributed by atoms with van der Waals surface area (Å²) in [6.07, 6.45) is 0. The van der Waals surface area contributed by atoms with E-state index >= 15 is 0 Å². The SMILES string of the molecule is c1ccc(N(c2ccc3c(c2)Oc2ccc4c5c(ccc-3c25)Oc2cc(N(c3ccccc3)c3cccc5c3oc3ccccc35)ccc2-4)c2cccc3c2oc2ccccc23)cc1. The second-order valence-corrected chi connectivity index (χ2v) is 16.4. The van der Waals surface area contributed by atoms with Gasteiger partial charge in [0.05, 0.1) is 22.7 Å². The summed E-state index contributed by atoms with van der Waals surface area (Å²) in [6.45, 7) is 0. The first-order valence-electron chi connectivity index (χ1n) is 21.5. The minimum Gasteiger partial charge on any atom is -0.456 e. The molecule has 0 amide bonds. The van der Waals surface area contributed by atoms with Crippen molar-refractivity contribution >= 4 is 88.8 Å². The van der Waals surface area contributed by atoms with Crippen LogP contribution in [0.5, 0.6) is 23.0 Å². The molecule has 2 aliphatic rings. The van der Waals surface area contributed by atoms with Gasteiger partial charge in [-0.2, -0.15) is 0 Å². The zero-order chi connectivity index (χ0) is 41.9. The first kappa shape index (κ1) is 34.9. The molecule has 6 heteroatoms. The molecule has 0 bridgehead atoms. The van der Waals surface area contributed by atoms with Crippen LogP contribution in [-0.4, -0.2) is 0 Å². The van der Waals surface area contributed by atoms with Gasteiger partial charge in [0, 0.05) is 67.0 Å². The van der Waals surface area contributed by atoms with Crippen LogP contribution in [0.1, 0.15) is 0 Å². The Morgan fingerprint density at radius 2 is 0.688 bits per heavy atom. The third-order valence-electron chi connectivity index (χ3n) is 12.8. The first-order valence-corrected chi connectivity index (χ1v) is 21.5. The Labute approximate surface area is 367 Å². The van der Waals surface area contributed by atoms with Gasteiger partial charge < -0.3 is 28.1 Å². The van der Waals surface area contributed by atoms with Crippen molar-refractivity contribution in [3.05, 3.63) is 206 Å². The Bertz CT molecular complexity index is 3620. The Morgan fingerprint density at radius 3 is 1.16 bits per heavy atom. The second-order valence-electron chi connectivity index (χ2n) is 16.4. The summed E-state index contributed by atoms with van der Waals surface area (Å²) in [4.78, 5) is 4.50. The Balaban J connectivity index is 0.879. The van der Waals surface area contributed by atoms with Crippen LogP contribution in [-0.2, 0) is 0 Å². The van der Waals surface area contributed by atoms with E-state index in [1.807, 2.05) is 36.4 Å². The quantitative estimate of drug-likeness (QED) is 0.166. The van der Waals surface area contributed by atoms with Crippen molar-refractivity contribution in [3.63, 3.8) is 0 Å². The summed E-state index contributed by atoms with van der Waals surface area (Å²) in [5.41, 5.74) is 13.5. The van der Waals surface area contributed by atoms with Gasteiger partial charge >= 0.3 is 0 Å². The van der Waals surface area contributed by atoms with Gasteiger partial charge in [-0.25, -0.2) is 0 Å². The first-order chi connectivity index (χ1) is 31.7. The van der Waals surface area contributed by atoms with Crippen molar-refractivity contribution in [1.29, 1.82) is 0 Å². The number of rotatable bonds is 6. The second kappa shape index (κ2) is 13.4. The molecule has 300 valence electrons. The summed E-state index contributed by atoms with van der Waals surface area (Å²) in [5, 5.41) is 6.42. The number of nitrogens with zero attached hydrogens (tertiary/aromatic N) is 2. The fourth-order valence-corrected chi connectivity index (χ4v) is 10.0. The molecule has 0 radical (unpaired) electrons. The molecule has 4 heterocycles. The van der Waals surface area contributed by atoms with Gasteiger partial charge in [-0.3, -0.25) is 0 Å². The molecule has 10 aromatic carbocycles.